The fraction of sp³-hybridized carbons (Fsp3) is 0.312. The van der Waals surface area contributed by atoms with Crippen molar-refractivity contribution in [2.75, 3.05) is 26.2 Å². The van der Waals surface area contributed by atoms with Gasteiger partial charge in [-0.2, -0.15) is 0 Å². The van der Waals surface area contributed by atoms with Crippen molar-refractivity contribution < 1.29 is 4.79 Å². The minimum absolute atomic E-state index is 0.0564. The number of carbonyl (C=O) groups excluding carboxylic acids is 1. The highest BCUT2D eigenvalue weighted by molar-refractivity contribution is 9.10. The van der Waals surface area contributed by atoms with Crippen LogP contribution in [-0.4, -0.2) is 51.9 Å². The van der Waals surface area contributed by atoms with Gasteiger partial charge in [-0.25, -0.2) is 9.97 Å². The maximum absolute atomic E-state index is 12.5. The highest BCUT2D eigenvalue weighted by Crippen LogP contribution is 2.14. The molecule has 0 aliphatic carbocycles. The number of amides is 1. The van der Waals surface area contributed by atoms with Crippen LogP contribution in [0.15, 0.2) is 41.3 Å². The Bertz CT molecular complexity index is 687. The molecule has 3 heterocycles. The van der Waals surface area contributed by atoms with Crippen molar-refractivity contribution in [3.05, 3.63) is 57.5 Å². The van der Waals surface area contributed by atoms with Gasteiger partial charge in [0.1, 0.15) is 9.76 Å². The number of carbonyl (C=O) groups is 1. The lowest BCUT2D eigenvalue weighted by Gasteiger charge is -2.34. The molecule has 2 aromatic heterocycles. The third-order valence-corrected chi connectivity index (χ3v) is 4.49. The Hall–Kier alpha value is -1.50. The summed E-state index contributed by atoms with van der Waals surface area (Å²) in [5, 5.41) is 0.507. The van der Waals surface area contributed by atoms with Gasteiger partial charge in [0.2, 0.25) is 0 Å². The Labute approximate surface area is 148 Å². The van der Waals surface area contributed by atoms with Gasteiger partial charge >= 0.3 is 0 Å². The molecule has 0 spiro atoms. The summed E-state index contributed by atoms with van der Waals surface area (Å²) in [6, 6.07) is 7.30. The molecule has 0 radical (unpaired) electrons. The Balaban J connectivity index is 1.55. The summed E-state index contributed by atoms with van der Waals surface area (Å²) < 4.78 is 0.678. The molecule has 1 saturated heterocycles. The van der Waals surface area contributed by atoms with Gasteiger partial charge in [-0.05, 0) is 39.7 Å². The number of pyridine rings is 2. The number of aromatic nitrogens is 2. The number of hydrogen-bond acceptors (Lipinski definition) is 4. The predicted octanol–water partition coefficient (Wildman–Crippen LogP) is 2.85. The minimum atomic E-state index is 0.0564. The maximum Gasteiger partial charge on any atom is 0.254 e. The van der Waals surface area contributed by atoms with Crippen LogP contribution < -0.4 is 0 Å². The number of halogens is 2. The van der Waals surface area contributed by atoms with Gasteiger partial charge in [0.05, 0.1) is 0 Å². The molecule has 23 heavy (non-hydrogen) atoms. The molecule has 120 valence electrons. The van der Waals surface area contributed by atoms with Gasteiger partial charge in [-0.15, -0.1) is 0 Å². The highest BCUT2D eigenvalue weighted by Gasteiger charge is 2.22. The predicted molar refractivity (Wildman–Crippen MR) is 92.4 cm³/mol. The zero-order valence-corrected chi connectivity index (χ0v) is 14.8. The normalized spacial score (nSPS) is 15.7. The van der Waals surface area contributed by atoms with E-state index < -0.39 is 0 Å². The van der Waals surface area contributed by atoms with Crippen LogP contribution >= 0.6 is 27.5 Å². The molecular weight excluding hydrogens is 380 g/mol. The Morgan fingerprint density at radius 1 is 1.17 bits per heavy atom. The van der Waals surface area contributed by atoms with Crippen molar-refractivity contribution in [2.24, 2.45) is 0 Å². The number of piperazine rings is 1. The van der Waals surface area contributed by atoms with Crippen molar-refractivity contribution in [3.63, 3.8) is 0 Å². The van der Waals surface area contributed by atoms with Gasteiger partial charge < -0.3 is 4.90 Å². The molecule has 5 nitrogen and oxygen atoms in total. The van der Waals surface area contributed by atoms with Crippen molar-refractivity contribution in [3.8, 4) is 0 Å². The average Bonchev–Trinajstić information content (AvgIpc) is 2.57. The van der Waals surface area contributed by atoms with Crippen molar-refractivity contribution in [1.82, 2.24) is 19.8 Å². The van der Waals surface area contributed by atoms with E-state index in [1.165, 1.54) is 0 Å². The number of rotatable bonds is 3. The van der Waals surface area contributed by atoms with Crippen LogP contribution in [0, 0.1) is 0 Å². The van der Waals surface area contributed by atoms with Crippen LogP contribution in [0.25, 0.3) is 0 Å². The van der Waals surface area contributed by atoms with Gasteiger partial charge in [0.25, 0.3) is 5.91 Å². The van der Waals surface area contributed by atoms with Crippen LogP contribution in [0.2, 0.25) is 5.15 Å². The van der Waals surface area contributed by atoms with E-state index in [1.54, 1.807) is 30.6 Å². The first-order valence-electron chi connectivity index (χ1n) is 7.35. The standard InChI is InChI=1S/C16H16BrClN4O/c17-14-9-13(3-4-19-14)16(23)22-7-5-21(6-8-22)11-12-1-2-15(18)20-10-12/h1-4,9-10H,5-8,11H2. The molecule has 0 aromatic carbocycles. The van der Waals surface area contributed by atoms with Gasteiger partial charge in [0.15, 0.2) is 0 Å². The molecular formula is C16H16BrClN4O. The summed E-state index contributed by atoms with van der Waals surface area (Å²) in [5.74, 6) is 0.0564. The fourth-order valence-corrected chi connectivity index (χ4v) is 3.06. The first kappa shape index (κ1) is 16.4. The monoisotopic (exact) mass is 394 g/mol. The van der Waals surface area contributed by atoms with E-state index in [9.17, 15) is 4.79 Å². The molecule has 7 heteroatoms. The largest absolute Gasteiger partial charge is 0.336 e. The molecule has 0 unspecified atom stereocenters. The van der Waals surface area contributed by atoms with E-state index in [1.807, 2.05) is 11.0 Å². The third kappa shape index (κ3) is 4.28. The van der Waals surface area contributed by atoms with Crippen molar-refractivity contribution in [2.45, 2.75) is 6.54 Å². The Morgan fingerprint density at radius 2 is 1.96 bits per heavy atom. The molecule has 3 rings (SSSR count). The van der Waals surface area contributed by atoms with Crippen LogP contribution in [0.5, 0.6) is 0 Å². The summed E-state index contributed by atoms with van der Waals surface area (Å²) in [6.45, 7) is 3.97. The minimum Gasteiger partial charge on any atom is -0.336 e. The van der Waals surface area contributed by atoms with E-state index in [0.29, 0.717) is 15.3 Å². The Morgan fingerprint density at radius 3 is 2.61 bits per heavy atom. The second-order valence-electron chi connectivity index (χ2n) is 5.42. The fourth-order valence-electron chi connectivity index (χ4n) is 2.59. The lowest BCUT2D eigenvalue weighted by atomic mass is 10.2. The van der Waals surface area contributed by atoms with Crippen LogP contribution in [0.1, 0.15) is 15.9 Å². The summed E-state index contributed by atoms with van der Waals surface area (Å²) in [6.07, 6.45) is 3.44. The summed E-state index contributed by atoms with van der Waals surface area (Å²) >= 11 is 9.10. The highest BCUT2D eigenvalue weighted by atomic mass is 79.9. The lowest BCUT2D eigenvalue weighted by molar-refractivity contribution is 0.0628. The zero-order chi connectivity index (χ0) is 16.2. The number of nitrogens with zero attached hydrogens (tertiary/aromatic N) is 4. The van der Waals surface area contributed by atoms with Gasteiger partial charge in [-0.3, -0.25) is 9.69 Å². The summed E-state index contributed by atoms with van der Waals surface area (Å²) in [5.41, 5.74) is 1.80. The molecule has 1 amide bonds. The molecule has 0 saturated carbocycles. The van der Waals surface area contributed by atoms with Crippen LogP contribution in [-0.2, 0) is 6.54 Å². The number of hydrogen-bond donors (Lipinski definition) is 0. The van der Waals surface area contributed by atoms with Gasteiger partial charge in [0, 0.05) is 50.7 Å². The summed E-state index contributed by atoms with van der Waals surface area (Å²) in [7, 11) is 0. The lowest BCUT2D eigenvalue weighted by Crippen LogP contribution is -2.48. The van der Waals surface area contributed by atoms with E-state index in [4.69, 9.17) is 11.6 Å². The van der Waals surface area contributed by atoms with E-state index >= 15 is 0 Å². The molecule has 2 aromatic rings. The molecule has 1 fully saturated rings. The first-order valence-corrected chi connectivity index (χ1v) is 8.52. The summed E-state index contributed by atoms with van der Waals surface area (Å²) in [4.78, 5) is 24.8. The Kier molecular flexibility index (Phi) is 5.25. The van der Waals surface area contributed by atoms with E-state index in [2.05, 4.69) is 30.8 Å². The third-order valence-electron chi connectivity index (χ3n) is 3.83. The SMILES string of the molecule is O=C(c1ccnc(Br)c1)N1CCN(Cc2ccc(Cl)nc2)CC1. The van der Waals surface area contributed by atoms with Crippen molar-refractivity contribution in [1.29, 1.82) is 0 Å². The smallest absolute Gasteiger partial charge is 0.254 e. The van der Waals surface area contributed by atoms with Crippen LogP contribution in [0.3, 0.4) is 0 Å². The van der Waals surface area contributed by atoms with E-state index in [-0.39, 0.29) is 5.91 Å². The second-order valence-corrected chi connectivity index (χ2v) is 6.62. The molecule has 0 bridgehead atoms. The molecule has 1 aliphatic heterocycles. The van der Waals surface area contributed by atoms with E-state index in [0.717, 1.165) is 38.3 Å². The second kappa shape index (κ2) is 7.38. The first-order chi connectivity index (χ1) is 11.1. The van der Waals surface area contributed by atoms with Crippen LogP contribution in [0.4, 0.5) is 0 Å². The van der Waals surface area contributed by atoms with Gasteiger partial charge in [-0.1, -0.05) is 17.7 Å². The quantitative estimate of drug-likeness (QED) is 0.750. The zero-order valence-electron chi connectivity index (χ0n) is 12.5. The maximum atomic E-state index is 12.5. The molecule has 0 atom stereocenters. The molecule has 0 N–H and O–H groups in total. The molecule has 1 aliphatic rings. The van der Waals surface area contributed by atoms with Crippen molar-refractivity contribution >= 4 is 33.4 Å². The average molecular weight is 396 g/mol. The topological polar surface area (TPSA) is 49.3 Å².